The summed E-state index contributed by atoms with van der Waals surface area (Å²) >= 11 is 1.41. The van der Waals surface area contributed by atoms with Crippen LogP contribution in [0.4, 0.5) is 0 Å². The number of hydrogen-bond donors (Lipinski definition) is 2. The van der Waals surface area contributed by atoms with Crippen LogP contribution in [0.15, 0.2) is 36.5 Å². The molecule has 0 saturated carbocycles. The molecule has 0 radical (unpaired) electrons. The van der Waals surface area contributed by atoms with Crippen molar-refractivity contribution in [3.8, 4) is 10.6 Å². The summed E-state index contributed by atoms with van der Waals surface area (Å²) in [5.74, 6) is -0.0578. The molecule has 7 heteroatoms. The summed E-state index contributed by atoms with van der Waals surface area (Å²) in [5.41, 5.74) is 1.04. The molecule has 1 aromatic heterocycles. The Bertz CT molecular complexity index is 534. The number of benzene rings is 1. The SMILES string of the molecule is CCNCCNC(=O)c1cnc(-c2ccccc2)s1.Cl.Cl. The molecule has 4 nitrogen and oxygen atoms in total. The van der Waals surface area contributed by atoms with Crippen molar-refractivity contribution >= 4 is 42.1 Å². The molecule has 2 rings (SSSR count). The zero-order chi connectivity index (χ0) is 13.5. The fraction of sp³-hybridized carbons (Fsp3) is 0.286. The molecule has 0 spiro atoms. The Kier molecular flexibility index (Phi) is 9.99. The zero-order valence-electron chi connectivity index (χ0n) is 11.7. The highest BCUT2D eigenvalue weighted by molar-refractivity contribution is 7.16. The maximum absolute atomic E-state index is 11.9. The Labute approximate surface area is 141 Å². The van der Waals surface area contributed by atoms with Crippen molar-refractivity contribution in [2.24, 2.45) is 0 Å². The van der Waals surface area contributed by atoms with E-state index in [0.717, 1.165) is 23.7 Å². The monoisotopic (exact) mass is 347 g/mol. The number of halogens is 2. The van der Waals surface area contributed by atoms with Gasteiger partial charge in [0.15, 0.2) is 0 Å². The molecule has 0 fully saturated rings. The zero-order valence-corrected chi connectivity index (χ0v) is 14.1. The van der Waals surface area contributed by atoms with Gasteiger partial charge in [0, 0.05) is 18.7 Å². The average molecular weight is 348 g/mol. The van der Waals surface area contributed by atoms with Gasteiger partial charge in [-0.15, -0.1) is 36.2 Å². The highest BCUT2D eigenvalue weighted by atomic mass is 35.5. The molecule has 0 atom stereocenters. The summed E-state index contributed by atoms with van der Waals surface area (Å²) < 4.78 is 0. The molecule has 1 heterocycles. The Balaban J connectivity index is 0.00000200. The number of amides is 1. The van der Waals surface area contributed by atoms with Gasteiger partial charge in [-0.25, -0.2) is 4.98 Å². The molecule has 116 valence electrons. The number of aromatic nitrogens is 1. The van der Waals surface area contributed by atoms with Crippen molar-refractivity contribution in [1.29, 1.82) is 0 Å². The van der Waals surface area contributed by atoms with E-state index in [1.165, 1.54) is 11.3 Å². The van der Waals surface area contributed by atoms with Gasteiger partial charge in [0.05, 0.1) is 6.20 Å². The highest BCUT2D eigenvalue weighted by Gasteiger charge is 2.10. The predicted molar refractivity (Wildman–Crippen MR) is 92.9 cm³/mol. The van der Waals surface area contributed by atoms with E-state index < -0.39 is 0 Å². The maximum Gasteiger partial charge on any atom is 0.263 e. The van der Waals surface area contributed by atoms with Crippen LogP contribution in [0, 0.1) is 0 Å². The van der Waals surface area contributed by atoms with E-state index in [1.54, 1.807) is 6.20 Å². The molecule has 0 aliphatic carbocycles. The van der Waals surface area contributed by atoms with Crippen LogP contribution in [-0.4, -0.2) is 30.5 Å². The molecule has 0 aliphatic heterocycles. The summed E-state index contributed by atoms with van der Waals surface area (Å²) in [5, 5.41) is 6.90. The molecule has 2 aromatic rings. The third-order valence-electron chi connectivity index (χ3n) is 2.59. The number of carbonyl (C=O) groups excluding carboxylic acids is 1. The van der Waals surface area contributed by atoms with Gasteiger partial charge in [-0.2, -0.15) is 0 Å². The first-order chi connectivity index (χ1) is 9.31. The van der Waals surface area contributed by atoms with Crippen molar-refractivity contribution in [2.75, 3.05) is 19.6 Å². The summed E-state index contributed by atoms with van der Waals surface area (Å²) in [4.78, 5) is 16.8. The number of thiazole rings is 1. The van der Waals surface area contributed by atoms with E-state index in [9.17, 15) is 4.79 Å². The molecule has 21 heavy (non-hydrogen) atoms. The Hall–Kier alpha value is -1.14. The number of nitrogens with zero attached hydrogens (tertiary/aromatic N) is 1. The van der Waals surface area contributed by atoms with Crippen molar-refractivity contribution in [2.45, 2.75) is 6.92 Å². The Morgan fingerprint density at radius 1 is 1.19 bits per heavy atom. The molecule has 1 aromatic carbocycles. The Morgan fingerprint density at radius 2 is 1.90 bits per heavy atom. The van der Waals surface area contributed by atoms with Crippen molar-refractivity contribution < 1.29 is 4.79 Å². The number of hydrogen-bond acceptors (Lipinski definition) is 4. The second-order valence-electron chi connectivity index (χ2n) is 4.01. The lowest BCUT2D eigenvalue weighted by Gasteiger charge is -2.03. The Morgan fingerprint density at radius 3 is 2.57 bits per heavy atom. The summed E-state index contributed by atoms with van der Waals surface area (Å²) in [6.07, 6.45) is 1.63. The lowest BCUT2D eigenvalue weighted by Crippen LogP contribution is -2.31. The standard InChI is InChI=1S/C14H17N3OS.2ClH/c1-2-15-8-9-16-13(18)12-10-17-14(19-12)11-6-4-3-5-7-11;;/h3-7,10,15H,2,8-9H2,1H3,(H,16,18);2*1H. The summed E-state index contributed by atoms with van der Waals surface area (Å²) in [7, 11) is 0. The van der Waals surface area contributed by atoms with Crippen LogP contribution in [-0.2, 0) is 0 Å². The average Bonchev–Trinajstić information content (AvgIpc) is 2.94. The number of rotatable bonds is 6. The summed E-state index contributed by atoms with van der Waals surface area (Å²) in [6, 6.07) is 9.88. The largest absolute Gasteiger partial charge is 0.350 e. The van der Waals surface area contributed by atoms with Crippen LogP contribution in [0.25, 0.3) is 10.6 Å². The van der Waals surface area contributed by atoms with Crippen LogP contribution in [0.5, 0.6) is 0 Å². The molecular formula is C14H19Cl2N3OS. The first-order valence-electron chi connectivity index (χ1n) is 6.31. The highest BCUT2D eigenvalue weighted by Crippen LogP contribution is 2.24. The number of carbonyl (C=O) groups is 1. The van der Waals surface area contributed by atoms with Crippen LogP contribution in [0.1, 0.15) is 16.6 Å². The van der Waals surface area contributed by atoms with E-state index in [4.69, 9.17) is 0 Å². The molecule has 0 saturated heterocycles. The van der Waals surface area contributed by atoms with Crippen LogP contribution in [0.2, 0.25) is 0 Å². The molecule has 1 amide bonds. The van der Waals surface area contributed by atoms with Gasteiger partial charge in [-0.1, -0.05) is 37.3 Å². The lowest BCUT2D eigenvalue weighted by molar-refractivity contribution is 0.0958. The summed E-state index contributed by atoms with van der Waals surface area (Å²) in [6.45, 7) is 4.36. The van der Waals surface area contributed by atoms with Gasteiger partial charge in [-0.3, -0.25) is 4.79 Å². The molecule has 0 unspecified atom stereocenters. The van der Waals surface area contributed by atoms with Gasteiger partial charge in [0.25, 0.3) is 5.91 Å². The third kappa shape index (κ3) is 6.01. The quantitative estimate of drug-likeness (QED) is 0.789. The second kappa shape index (κ2) is 10.6. The van der Waals surface area contributed by atoms with E-state index in [0.29, 0.717) is 11.4 Å². The van der Waals surface area contributed by atoms with Gasteiger partial charge in [-0.05, 0) is 6.54 Å². The third-order valence-corrected chi connectivity index (χ3v) is 3.63. The van der Waals surface area contributed by atoms with E-state index in [-0.39, 0.29) is 30.7 Å². The van der Waals surface area contributed by atoms with Gasteiger partial charge in [0.2, 0.25) is 0 Å². The molecule has 0 bridgehead atoms. The minimum absolute atomic E-state index is 0. The first kappa shape index (κ1) is 19.9. The van der Waals surface area contributed by atoms with Crippen molar-refractivity contribution in [3.05, 3.63) is 41.4 Å². The van der Waals surface area contributed by atoms with E-state index >= 15 is 0 Å². The molecular weight excluding hydrogens is 329 g/mol. The van der Waals surface area contributed by atoms with Gasteiger partial charge in [0.1, 0.15) is 9.88 Å². The second-order valence-corrected chi connectivity index (χ2v) is 5.04. The van der Waals surface area contributed by atoms with Crippen molar-refractivity contribution in [3.63, 3.8) is 0 Å². The molecule has 0 aliphatic rings. The van der Waals surface area contributed by atoms with Crippen LogP contribution < -0.4 is 10.6 Å². The van der Waals surface area contributed by atoms with Gasteiger partial charge >= 0.3 is 0 Å². The topological polar surface area (TPSA) is 54.0 Å². The van der Waals surface area contributed by atoms with E-state index in [2.05, 4.69) is 15.6 Å². The normalized spacial score (nSPS) is 9.38. The molecule has 2 N–H and O–H groups in total. The van der Waals surface area contributed by atoms with Crippen LogP contribution >= 0.6 is 36.2 Å². The van der Waals surface area contributed by atoms with Crippen LogP contribution in [0.3, 0.4) is 0 Å². The first-order valence-corrected chi connectivity index (χ1v) is 7.13. The predicted octanol–water partition coefficient (Wildman–Crippen LogP) is 2.99. The lowest BCUT2D eigenvalue weighted by atomic mass is 10.2. The number of likely N-dealkylation sites (N-methyl/N-ethyl adjacent to an activating group) is 1. The minimum atomic E-state index is -0.0578. The minimum Gasteiger partial charge on any atom is -0.350 e. The number of nitrogens with one attached hydrogen (secondary N) is 2. The maximum atomic E-state index is 11.9. The van der Waals surface area contributed by atoms with Crippen molar-refractivity contribution in [1.82, 2.24) is 15.6 Å². The smallest absolute Gasteiger partial charge is 0.263 e. The fourth-order valence-corrected chi connectivity index (χ4v) is 2.46. The fourth-order valence-electron chi connectivity index (χ4n) is 1.62. The van der Waals surface area contributed by atoms with Gasteiger partial charge < -0.3 is 10.6 Å². The van der Waals surface area contributed by atoms with E-state index in [1.807, 2.05) is 37.3 Å².